The summed E-state index contributed by atoms with van der Waals surface area (Å²) in [4.78, 5) is 16.6. The number of hydrogen-bond donors (Lipinski definition) is 1. The van der Waals surface area contributed by atoms with Crippen LogP contribution >= 0.6 is 0 Å². The second-order valence-electron chi connectivity index (χ2n) is 5.79. The standard InChI is InChI=1S/C16H25N3O2/c1-4-21-16(20)14-9-13(17)5-6-15(14)19(3)11-12-7-8-18(2)10-12/h5-6,9,12H,4,7-8,10-11,17H2,1-3H3. The molecule has 1 aliphatic heterocycles. The molecule has 1 fully saturated rings. The van der Waals surface area contributed by atoms with Crippen molar-refractivity contribution in [1.82, 2.24) is 4.90 Å². The summed E-state index contributed by atoms with van der Waals surface area (Å²) in [7, 11) is 4.17. The van der Waals surface area contributed by atoms with Gasteiger partial charge in [-0.05, 0) is 51.1 Å². The van der Waals surface area contributed by atoms with Crippen LogP contribution in [-0.4, -0.2) is 51.2 Å². The number of nitrogens with two attached hydrogens (primary N) is 1. The smallest absolute Gasteiger partial charge is 0.340 e. The molecular formula is C16H25N3O2. The molecule has 2 rings (SSSR count). The van der Waals surface area contributed by atoms with Gasteiger partial charge in [0, 0.05) is 25.8 Å². The highest BCUT2D eigenvalue weighted by atomic mass is 16.5. The normalized spacial score (nSPS) is 18.7. The monoisotopic (exact) mass is 291 g/mol. The van der Waals surface area contributed by atoms with E-state index in [2.05, 4.69) is 16.8 Å². The molecule has 5 nitrogen and oxygen atoms in total. The molecule has 0 spiro atoms. The fourth-order valence-corrected chi connectivity index (χ4v) is 2.92. The van der Waals surface area contributed by atoms with Gasteiger partial charge in [-0.1, -0.05) is 0 Å². The van der Waals surface area contributed by atoms with E-state index in [1.807, 2.05) is 26.1 Å². The molecule has 0 bridgehead atoms. The zero-order chi connectivity index (χ0) is 15.4. The highest BCUT2D eigenvalue weighted by Crippen LogP contribution is 2.25. The first-order valence-corrected chi connectivity index (χ1v) is 7.47. The molecule has 1 aromatic rings. The highest BCUT2D eigenvalue weighted by Gasteiger charge is 2.23. The average molecular weight is 291 g/mol. The van der Waals surface area contributed by atoms with Gasteiger partial charge in [0.05, 0.1) is 17.9 Å². The first kappa shape index (κ1) is 15.6. The Bertz CT molecular complexity index is 504. The van der Waals surface area contributed by atoms with Gasteiger partial charge in [0.1, 0.15) is 0 Å². The van der Waals surface area contributed by atoms with Gasteiger partial charge in [0.2, 0.25) is 0 Å². The van der Waals surface area contributed by atoms with Gasteiger partial charge in [-0.15, -0.1) is 0 Å². The number of esters is 1. The Morgan fingerprint density at radius 3 is 2.90 bits per heavy atom. The van der Waals surface area contributed by atoms with Crippen molar-refractivity contribution in [2.75, 3.05) is 51.0 Å². The summed E-state index contributed by atoms with van der Waals surface area (Å²) in [6.07, 6.45) is 1.20. The summed E-state index contributed by atoms with van der Waals surface area (Å²) in [6, 6.07) is 5.43. The number of benzene rings is 1. The summed E-state index contributed by atoms with van der Waals surface area (Å²) in [6.45, 7) is 5.35. The lowest BCUT2D eigenvalue weighted by Gasteiger charge is -2.25. The zero-order valence-corrected chi connectivity index (χ0v) is 13.1. The number of carbonyl (C=O) groups is 1. The summed E-state index contributed by atoms with van der Waals surface area (Å²) in [5.74, 6) is 0.322. The highest BCUT2D eigenvalue weighted by molar-refractivity contribution is 5.97. The van der Waals surface area contributed by atoms with Crippen molar-refractivity contribution >= 4 is 17.3 Å². The van der Waals surface area contributed by atoms with E-state index >= 15 is 0 Å². The second kappa shape index (κ2) is 6.80. The molecule has 1 heterocycles. The molecule has 1 saturated heterocycles. The Labute approximate surface area is 126 Å². The van der Waals surface area contributed by atoms with E-state index in [-0.39, 0.29) is 5.97 Å². The zero-order valence-electron chi connectivity index (χ0n) is 13.1. The second-order valence-corrected chi connectivity index (χ2v) is 5.79. The SMILES string of the molecule is CCOC(=O)c1cc(N)ccc1N(C)CC1CCN(C)C1. The van der Waals surface area contributed by atoms with Crippen LogP contribution in [-0.2, 0) is 4.74 Å². The van der Waals surface area contributed by atoms with E-state index in [4.69, 9.17) is 10.5 Å². The van der Waals surface area contributed by atoms with Gasteiger partial charge in [0.25, 0.3) is 0 Å². The van der Waals surface area contributed by atoms with Crippen LogP contribution in [0.5, 0.6) is 0 Å². The van der Waals surface area contributed by atoms with Crippen molar-refractivity contribution in [3.05, 3.63) is 23.8 Å². The number of carbonyl (C=O) groups excluding carboxylic acids is 1. The van der Waals surface area contributed by atoms with E-state index < -0.39 is 0 Å². The van der Waals surface area contributed by atoms with Gasteiger partial charge < -0.3 is 20.3 Å². The molecule has 1 aliphatic rings. The largest absolute Gasteiger partial charge is 0.462 e. The number of hydrogen-bond acceptors (Lipinski definition) is 5. The topological polar surface area (TPSA) is 58.8 Å². The van der Waals surface area contributed by atoms with Crippen molar-refractivity contribution in [2.45, 2.75) is 13.3 Å². The van der Waals surface area contributed by atoms with E-state index in [9.17, 15) is 4.79 Å². The Balaban J connectivity index is 2.15. The van der Waals surface area contributed by atoms with E-state index in [1.165, 1.54) is 6.42 Å². The number of nitrogen functional groups attached to an aromatic ring is 1. The third-order valence-corrected chi connectivity index (χ3v) is 3.95. The van der Waals surface area contributed by atoms with Crippen LogP contribution in [0.2, 0.25) is 0 Å². The molecule has 1 aromatic carbocycles. The van der Waals surface area contributed by atoms with Crippen LogP contribution in [0.1, 0.15) is 23.7 Å². The van der Waals surface area contributed by atoms with Gasteiger partial charge >= 0.3 is 5.97 Å². The van der Waals surface area contributed by atoms with E-state index in [0.717, 1.165) is 25.3 Å². The molecule has 0 aliphatic carbocycles. The van der Waals surface area contributed by atoms with Crippen molar-refractivity contribution in [3.63, 3.8) is 0 Å². The van der Waals surface area contributed by atoms with Crippen LogP contribution in [0.4, 0.5) is 11.4 Å². The molecule has 0 aromatic heterocycles. The molecular weight excluding hydrogens is 266 g/mol. The minimum Gasteiger partial charge on any atom is -0.462 e. The maximum absolute atomic E-state index is 12.1. The minimum atomic E-state index is -0.310. The third kappa shape index (κ3) is 3.88. The fourth-order valence-electron chi connectivity index (χ4n) is 2.92. The Kier molecular flexibility index (Phi) is 5.07. The van der Waals surface area contributed by atoms with E-state index in [0.29, 0.717) is 23.8 Å². The number of nitrogens with zero attached hydrogens (tertiary/aromatic N) is 2. The summed E-state index contributed by atoms with van der Waals surface area (Å²) in [5.41, 5.74) is 7.82. The van der Waals surface area contributed by atoms with E-state index in [1.54, 1.807) is 6.07 Å². The maximum Gasteiger partial charge on any atom is 0.340 e. The quantitative estimate of drug-likeness (QED) is 0.662. The molecule has 0 saturated carbocycles. The van der Waals surface area contributed by atoms with Crippen LogP contribution in [0.3, 0.4) is 0 Å². The predicted molar refractivity (Wildman–Crippen MR) is 85.7 cm³/mol. The predicted octanol–water partition coefficient (Wildman–Crippen LogP) is 1.83. The number of rotatable bonds is 5. The van der Waals surface area contributed by atoms with Gasteiger partial charge in [0.15, 0.2) is 0 Å². The maximum atomic E-state index is 12.1. The minimum absolute atomic E-state index is 0.310. The summed E-state index contributed by atoms with van der Waals surface area (Å²) in [5, 5.41) is 0. The molecule has 0 amide bonds. The average Bonchev–Trinajstić information content (AvgIpc) is 2.84. The van der Waals surface area contributed by atoms with Crippen molar-refractivity contribution in [3.8, 4) is 0 Å². The Morgan fingerprint density at radius 2 is 2.29 bits per heavy atom. The molecule has 1 atom stereocenters. The lowest BCUT2D eigenvalue weighted by molar-refractivity contribution is 0.0527. The summed E-state index contributed by atoms with van der Waals surface area (Å²) < 4.78 is 5.13. The first-order valence-electron chi connectivity index (χ1n) is 7.47. The Hall–Kier alpha value is -1.75. The van der Waals surface area contributed by atoms with Crippen LogP contribution in [0.25, 0.3) is 0 Å². The molecule has 2 N–H and O–H groups in total. The lowest BCUT2D eigenvalue weighted by atomic mass is 10.1. The number of likely N-dealkylation sites (tertiary alicyclic amines) is 1. The fraction of sp³-hybridized carbons (Fsp3) is 0.562. The third-order valence-electron chi connectivity index (χ3n) is 3.95. The lowest BCUT2D eigenvalue weighted by Crippen LogP contribution is -2.28. The summed E-state index contributed by atoms with van der Waals surface area (Å²) >= 11 is 0. The Morgan fingerprint density at radius 1 is 1.52 bits per heavy atom. The van der Waals surface area contributed by atoms with Crippen LogP contribution in [0.15, 0.2) is 18.2 Å². The molecule has 21 heavy (non-hydrogen) atoms. The van der Waals surface area contributed by atoms with Gasteiger partial charge in [-0.25, -0.2) is 4.79 Å². The molecule has 116 valence electrons. The van der Waals surface area contributed by atoms with Crippen LogP contribution in [0, 0.1) is 5.92 Å². The number of ether oxygens (including phenoxy) is 1. The molecule has 0 radical (unpaired) electrons. The van der Waals surface area contributed by atoms with Gasteiger partial charge in [-0.2, -0.15) is 0 Å². The van der Waals surface area contributed by atoms with Crippen molar-refractivity contribution in [2.24, 2.45) is 5.92 Å². The van der Waals surface area contributed by atoms with Crippen molar-refractivity contribution < 1.29 is 9.53 Å². The van der Waals surface area contributed by atoms with Crippen LogP contribution < -0.4 is 10.6 Å². The van der Waals surface area contributed by atoms with Crippen molar-refractivity contribution in [1.29, 1.82) is 0 Å². The van der Waals surface area contributed by atoms with Gasteiger partial charge in [-0.3, -0.25) is 0 Å². The molecule has 1 unspecified atom stereocenters. The first-order chi connectivity index (χ1) is 10.0. The number of anilines is 2. The molecule has 5 heteroatoms.